The fourth-order valence-corrected chi connectivity index (χ4v) is 3.72. The van der Waals surface area contributed by atoms with Gasteiger partial charge in [0, 0.05) is 23.8 Å². The molecule has 3 aromatic rings. The Hall–Kier alpha value is -2.72. The molecule has 0 N–H and O–H groups in total. The molecule has 1 amide bonds. The Bertz CT molecular complexity index is 1050. The molecule has 4 rings (SSSR count). The molecule has 2 heterocycles. The number of nitrogens with zero attached hydrogens (tertiary/aromatic N) is 3. The molecule has 1 aromatic heterocycles. The van der Waals surface area contributed by atoms with E-state index in [2.05, 4.69) is 16.2 Å². The van der Waals surface area contributed by atoms with Crippen molar-refractivity contribution < 1.29 is 4.79 Å². The number of hydrazone groups is 1. The largest absolute Gasteiger partial charge is 0.273 e. The summed E-state index contributed by atoms with van der Waals surface area (Å²) in [5, 5.41) is 7.65. The zero-order valence-electron chi connectivity index (χ0n) is 15.3. The van der Waals surface area contributed by atoms with Crippen LogP contribution < -0.4 is 0 Å². The second-order valence-corrected chi connectivity index (χ2v) is 7.15. The van der Waals surface area contributed by atoms with Crippen LogP contribution in [0.2, 0.25) is 5.15 Å². The number of hydrogen-bond acceptors (Lipinski definition) is 3. The molecule has 2 aromatic carbocycles. The van der Waals surface area contributed by atoms with Gasteiger partial charge >= 0.3 is 0 Å². The first kappa shape index (κ1) is 17.7. The average Bonchev–Trinajstić information content (AvgIpc) is 3.12. The number of carbonyl (C=O) groups is 1. The Labute approximate surface area is 163 Å². The van der Waals surface area contributed by atoms with Gasteiger partial charge in [0.1, 0.15) is 5.15 Å². The topological polar surface area (TPSA) is 45.6 Å². The Morgan fingerprint density at radius 1 is 1.19 bits per heavy atom. The molecule has 1 aliphatic rings. The van der Waals surface area contributed by atoms with Crippen LogP contribution in [0.1, 0.15) is 42.5 Å². The van der Waals surface area contributed by atoms with Crippen LogP contribution in [0.15, 0.2) is 59.7 Å². The smallest absolute Gasteiger partial charge is 0.242 e. The van der Waals surface area contributed by atoms with E-state index in [4.69, 9.17) is 11.6 Å². The third kappa shape index (κ3) is 3.33. The molecule has 5 heteroatoms. The van der Waals surface area contributed by atoms with Crippen molar-refractivity contribution in [3.8, 4) is 0 Å². The number of amides is 1. The van der Waals surface area contributed by atoms with Crippen molar-refractivity contribution in [1.82, 2.24) is 9.99 Å². The van der Waals surface area contributed by atoms with Gasteiger partial charge in [-0.25, -0.2) is 9.99 Å². The minimum atomic E-state index is -0.238. The van der Waals surface area contributed by atoms with Crippen LogP contribution in [0.25, 0.3) is 10.9 Å². The van der Waals surface area contributed by atoms with E-state index in [1.165, 1.54) is 0 Å². The minimum Gasteiger partial charge on any atom is -0.273 e. The highest BCUT2D eigenvalue weighted by molar-refractivity contribution is 6.30. The van der Waals surface area contributed by atoms with Gasteiger partial charge in [-0.05, 0) is 30.2 Å². The molecule has 0 bridgehead atoms. The molecule has 0 aliphatic carbocycles. The van der Waals surface area contributed by atoms with Crippen LogP contribution in [0.5, 0.6) is 0 Å². The van der Waals surface area contributed by atoms with Gasteiger partial charge in [0.05, 0.1) is 17.3 Å². The molecule has 0 saturated heterocycles. The number of halogens is 1. The van der Waals surface area contributed by atoms with Gasteiger partial charge < -0.3 is 0 Å². The van der Waals surface area contributed by atoms with Crippen molar-refractivity contribution in [3.05, 3.63) is 76.4 Å². The fourth-order valence-electron chi connectivity index (χ4n) is 3.45. The Balaban J connectivity index is 1.78. The maximum Gasteiger partial charge on any atom is 0.242 e. The summed E-state index contributed by atoms with van der Waals surface area (Å²) in [6.07, 6.45) is 1.01. The molecule has 1 unspecified atom stereocenters. The summed E-state index contributed by atoms with van der Waals surface area (Å²) in [4.78, 5) is 17.1. The van der Waals surface area contributed by atoms with Crippen LogP contribution >= 0.6 is 11.6 Å². The predicted octanol–water partition coefficient (Wildman–Crippen LogP) is 5.28. The van der Waals surface area contributed by atoms with Gasteiger partial charge in [-0.1, -0.05) is 61.0 Å². The number of rotatable bonds is 3. The van der Waals surface area contributed by atoms with Crippen molar-refractivity contribution in [2.45, 2.75) is 32.7 Å². The van der Waals surface area contributed by atoms with E-state index >= 15 is 0 Å². The molecule has 27 heavy (non-hydrogen) atoms. The number of hydrogen-bond donors (Lipinski definition) is 0. The number of benzene rings is 2. The molecule has 1 aliphatic heterocycles. The maximum atomic E-state index is 12.5. The summed E-state index contributed by atoms with van der Waals surface area (Å²) in [6.45, 7) is 3.87. The molecule has 0 fully saturated rings. The highest BCUT2D eigenvalue weighted by atomic mass is 35.5. The van der Waals surface area contributed by atoms with E-state index in [1.807, 2.05) is 62.4 Å². The molecule has 4 nitrogen and oxygen atoms in total. The van der Waals surface area contributed by atoms with Crippen LogP contribution in [-0.4, -0.2) is 21.6 Å². The predicted molar refractivity (Wildman–Crippen MR) is 109 cm³/mol. The molecule has 0 spiro atoms. The van der Waals surface area contributed by atoms with Crippen molar-refractivity contribution >= 4 is 34.1 Å². The van der Waals surface area contributed by atoms with E-state index in [-0.39, 0.29) is 11.9 Å². The summed E-state index contributed by atoms with van der Waals surface area (Å²) >= 11 is 6.54. The summed E-state index contributed by atoms with van der Waals surface area (Å²) in [6, 6.07) is 17.9. The normalized spacial score (nSPS) is 16.6. The highest BCUT2D eigenvalue weighted by Crippen LogP contribution is 2.37. The number of fused-ring (bicyclic) bond motifs is 1. The fraction of sp³-hybridized carbons (Fsp3) is 0.227. The molecule has 0 saturated carbocycles. The summed E-state index contributed by atoms with van der Waals surface area (Å²) in [5.41, 5.74) is 4.75. The van der Waals surface area contributed by atoms with Gasteiger partial charge in [0.25, 0.3) is 0 Å². The minimum absolute atomic E-state index is 0.0222. The zero-order chi connectivity index (χ0) is 19.0. The van der Waals surface area contributed by atoms with Crippen molar-refractivity contribution in [2.75, 3.05) is 0 Å². The van der Waals surface area contributed by atoms with Crippen LogP contribution in [0.4, 0.5) is 0 Å². The standard InChI is InChI=1S/C22H20ClN3O/c1-3-21(27)26-20(13-19(25-26)15-7-5-4-6-8-15)17-12-16-10-9-14(2)11-18(16)24-22(17)23/h4-12,20H,3,13H2,1-2H3. The molecule has 136 valence electrons. The lowest BCUT2D eigenvalue weighted by molar-refractivity contribution is -0.132. The first-order valence-electron chi connectivity index (χ1n) is 9.08. The highest BCUT2D eigenvalue weighted by Gasteiger charge is 2.34. The van der Waals surface area contributed by atoms with E-state index < -0.39 is 0 Å². The van der Waals surface area contributed by atoms with Gasteiger partial charge in [0.15, 0.2) is 0 Å². The first-order chi connectivity index (χ1) is 13.1. The molecule has 0 radical (unpaired) electrons. The van der Waals surface area contributed by atoms with Gasteiger partial charge in [-0.15, -0.1) is 0 Å². The number of carbonyl (C=O) groups excluding carboxylic acids is 1. The van der Waals surface area contributed by atoms with E-state index in [9.17, 15) is 4.79 Å². The third-order valence-corrected chi connectivity index (χ3v) is 5.19. The lowest BCUT2D eigenvalue weighted by Crippen LogP contribution is -2.26. The van der Waals surface area contributed by atoms with Gasteiger partial charge in [-0.3, -0.25) is 4.79 Å². The van der Waals surface area contributed by atoms with E-state index in [1.54, 1.807) is 5.01 Å². The zero-order valence-corrected chi connectivity index (χ0v) is 16.1. The lowest BCUT2D eigenvalue weighted by atomic mass is 9.98. The summed E-state index contributed by atoms with van der Waals surface area (Å²) in [7, 11) is 0. The summed E-state index contributed by atoms with van der Waals surface area (Å²) in [5.74, 6) is -0.0222. The van der Waals surface area contributed by atoms with Crippen LogP contribution in [0.3, 0.4) is 0 Å². The first-order valence-corrected chi connectivity index (χ1v) is 9.46. The monoisotopic (exact) mass is 377 g/mol. The number of aryl methyl sites for hydroxylation is 1. The average molecular weight is 378 g/mol. The van der Waals surface area contributed by atoms with Crippen molar-refractivity contribution in [1.29, 1.82) is 0 Å². The third-order valence-electron chi connectivity index (χ3n) is 4.89. The number of pyridine rings is 1. The van der Waals surface area contributed by atoms with Crippen molar-refractivity contribution in [3.63, 3.8) is 0 Å². The van der Waals surface area contributed by atoms with Gasteiger partial charge in [-0.2, -0.15) is 5.10 Å². The lowest BCUT2D eigenvalue weighted by Gasteiger charge is -2.22. The van der Waals surface area contributed by atoms with E-state index in [0.29, 0.717) is 18.0 Å². The SMILES string of the molecule is CCC(=O)N1N=C(c2ccccc2)CC1c1cc2ccc(C)cc2nc1Cl. The molecular formula is C22H20ClN3O. The number of aromatic nitrogens is 1. The Kier molecular flexibility index (Phi) is 4.66. The van der Waals surface area contributed by atoms with Gasteiger partial charge in [0.2, 0.25) is 5.91 Å². The van der Waals surface area contributed by atoms with Crippen LogP contribution in [-0.2, 0) is 4.79 Å². The van der Waals surface area contributed by atoms with E-state index in [0.717, 1.165) is 33.3 Å². The van der Waals surface area contributed by atoms with Crippen LogP contribution in [0, 0.1) is 6.92 Å². The molecule has 1 atom stereocenters. The maximum absolute atomic E-state index is 12.5. The second kappa shape index (κ2) is 7.12. The Morgan fingerprint density at radius 3 is 2.70 bits per heavy atom. The molecular weight excluding hydrogens is 358 g/mol. The second-order valence-electron chi connectivity index (χ2n) is 6.79. The summed E-state index contributed by atoms with van der Waals surface area (Å²) < 4.78 is 0. The quantitative estimate of drug-likeness (QED) is 0.582. The Morgan fingerprint density at radius 2 is 1.96 bits per heavy atom. The van der Waals surface area contributed by atoms with Crippen molar-refractivity contribution in [2.24, 2.45) is 5.10 Å².